The van der Waals surface area contributed by atoms with Crippen LogP contribution in [-0.2, 0) is 31.9 Å². The second kappa shape index (κ2) is 14.8. The van der Waals surface area contributed by atoms with E-state index in [0.717, 1.165) is 36.8 Å². The Hall–Kier alpha value is -1.16. The fourth-order valence-electron chi connectivity index (χ4n) is 2.87. The summed E-state index contributed by atoms with van der Waals surface area (Å²) in [6.45, 7) is 0.919. The average Bonchev–Trinajstić information content (AvgIpc) is 2.74. The zero-order valence-electron chi connectivity index (χ0n) is 17.1. The monoisotopic (exact) mass is 634 g/mol. The van der Waals surface area contributed by atoms with Crippen LogP contribution in [0.5, 0.6) is 0 Å². The van der Waals surface area contributed by atoms with Crippen molar-refractivity contribution in [1.82, 2.24) is 0 Å². The molecule has 0 aliphatic rings. The molecule has 30 heavy (non-hydrogen) atoms. The molecule has 0 N–H and O–H groups in total. The standard InChI is InChI=1S/C24H28I2O4/c25-21-11-5-19(6-12-21)9-15-23(27)29-17-3-1-2-4-18-30-24(28)16-10-20-7-13-22(26)14-8-20/h5-8,11-14H,1-4,9-10,15-18H2. The number of ether oxygens (including phenoxy) is 2. The minimum atomic E-state index is -0.143. The molecule has 2 aromatic carbocycles. The zero-order chi connectivity index (χ0) is 21.6. The van der Waals surface area contributed by atoms with E-state index in [1.54, 1.807) is 0 Å². The molecule has 162 valence electrons. The van der Waals surface area contributed by atoms with Crippen LogP contribution in [0.15, 0.2) is 48.5 Å². The van der Waals surface area contributed by atoms with Crippen molar-refractivity contribution in [2.24, 2.45) is 0 Å². The summed E-state index contributed by atoms with van der Waals surface area (Å²) in [7, 11) is 0. The summed E-state index contributed by atoms with van der Waals surface area (Å²) in [5.41, 5.74) is 2.31. The molecule has 2 aromatic rings. The van der Waals surface area contributed by atoms with Crippen molar-refractivity contribution in [1.29, 1.82) is 0 Å². The minimum absolute atomic E-state index is 0.143. The Bertz CT molecular complexity index is 705. The first-order valence-corrected chi connectivity index (χ1v) is 12.5. The Kier molecular flexibility index (Phi) is 12.4. The van der Waals surface area contributed by atoms with E-state index < -0.39 is 0 Å². The van der Waals surface area contributed by atoms with Crippen LogP contribution in [0.25, 0.3) is 0 Å². The number of esters is 2. The van der Waals surface area contributed by atoms with E-state index in [1.807, 2.05) is 48.5 Å². The lowest BCUT2D eigenvalue weighted by Crippen LogP contribution is -2.08. The highest BCUT2D eigenvalue weighted by molar-refractivity contribution is 14.1. The van der Waals surface area contributed by atoms with Gasteiger partial charge in [0.05, 0.1) is 13.2 Å². The van der Waals surface area contributed by atoms with Crippen LogP contribution in [0.4, 0.5) is 0 Å². The molecule has 0 saturated heterocycles. The lowest BCUT2D eigenvalue weighted by Gasteiger charge is -2.06. The molecule has 0 aliphatic heterocycles. The molecule has 6 heteroatoms. The molecule has 2 rings (SSSR count). The van der Waals surface area contributed by atoms with E-state index >= 15 is 0 Å². The molecule has 0 atom stereocenters. The van der Waals surface area contributed by atoms with Gasteiger partial charge in [-0.05, 0) is 119 Å². The fourth-order valence-corrected chi connectivity index (χ4v) is 3.59. The first-order chi connectivity index (χ1) is 14.5. The third-order valence-corrected chi connectivity index (χ3v) is 6.07. The highest BCUT2D eigenvalue weighted by Crippen LogP contribution is 2.10. The molecule has 4 nitrogen and oxygen atoms in total. The maximum Gasteiger partial charge on any atom is 0.306 e. The number of rotatable bonds is 13. The van der Waals surface area contributed by atoms with Gasteiger partial charge in [0, 0.05) is 20.0 Å². The highest BCUT2D eigenvalue weighted by atomic mass is 127. The van der Waals surface area contributed by atoms with E-state index in [0.29, 0.717) is 38.9 Å². The average molecular weight is 634 g/mol. The number of benzene rings is 2. The number of hydrogen-bond donors (Lipinski definition) is 0. The third kappa shape index (κ3) is 11.3. The molecule has 0 amide bonds. The van der Waals surface area contributed by atoms with Gasteiger partial charge in [-0.2, -0.15) is 0 Å². The van der Waals surface area contributed by atoms with Crippen molar-refractivity contribution in [2.75, 3.05) is 13.2 Å². The van der Waals surface area contributed by atoms with Gasteiger partial charge in [-0.3, -0.25) is 9.59 Å². The zero-order valence-corrected chi connectivity index (χ0v) is 21.4. The second-order valence-electron chi connectivity index (χ2n) is 7.11. The minimum Gasteiger partial charge on any atom is -0.466 e. The highest BCUT2D eigenvalue weighted by Gasteiger charge is 2.05. The Morgan fingerprint density at radius 3 is 1.33 bits per heavy atom. The smallest absolute Gasteiger partial charge is 0.306 e. The van der Waals surface area contributed by atoms with Gasteiger partial charge in [0.1, 0.15) is 0 Å². The number of hydrogen-bond acceptors (Lipinski definition) is 4. The molecule has 0 unspecified atom stereocenters. The lowest BCUT2D eigenvalue weighted by atomic mass is 10.1. The largest absolute Gasteiger partial charge is 0.466 e. The molecule has 0 aliphatic carbocycles. The van der Waals surface area contributed by atoms with Crippen LogP contribution >= 0.6 is 45.2 Å². The molecule has 0 heterocycles. The SMILES string of the molecule is O=C(CCc1ccc(I)cc1)OCCCCCCOC(=O)CCc1ccc(I)cc1. The normalized spacial score (nSPS) is 10.6. The van der Waals surface area contributed by atoms with E-state index in [2.05, 4.69) is 45.2 Å². The molecule has 0 radical (unpaired) electrons. The maximum absolute atomic E-state index is 11.8. The van der Waals surface area contributed by atoms with Gasteiger partial charge in [-0.25, -0.2) is 0 Å². The van der Waals surface area contributed by atoms with Crippen molar-refractivity contribution in [2.45, 2.75) is 51.4 Å². The summed E-state index contributed by atoms with van der Waals surface area (Å²) >= 11 is 4.53. The van der Waals surface area contributed by atoms with Crippen LogP contribution in [-0.4, -0.2) is 25.2 Å². The van der Waals surface area contributed by atoms with Gasteiger partial charge in [0.15, 0.2) is 0 Å². The lowest BCUT2D eigenvalue weighted by molar-refractivity contribution is -0.145. The summed E-state index contributed by atoms with van der Waals surface area (Å²) in [5, 5.41) is 0. The number of carbonyl (C=O) groups is 2. The number of aryl methyl sites for hydroxylation is 2. The van der Waals surface area contributed by atoms with Gasteiger partial charge in [0.25, 0.3) is 0 Å². The third-order valence-electron chi connectivity index (χ3n) is 4.63. The van der Waals surface area contributed by atoms with Crippen LogP contribution < -0.4 is 0 Å². The predicted molar refractivity (Wildman–Crippen MR) is 135 cm³/mol. The molecule has 0 spiro atoms. The Morgan fingerprint density at radius 2 is 0.967 bits per heavy atom. The van der Waals surface area contributed by atoms with E-state index in [-0.39, 0.29) is 11.9 Å². The molecule has 0 bridgehead atoms. The Morgan fingerprint density at radius 1 is 0.600 bits per heavy atom. The van der Waals surface area contributed by atoms with Crippen LogP contribution in [0, 0.1) is 7.14 Å². The number of halogens is 2. The quantitative estimate of drug-likeness (QED) is 0.152. The number of carbonyl (C=O) groups excluding carboxylic acids is 2. The van der Waals surface area contributed by atoms with Gasteiger partial charge < -0.3 is 9.47 Å². The van der Waals surface area contributed by atoms with Gasteiger partial charge in [0.2, 0.25) is 0 Å². The summed E-state index contributed by atoms with van der Waals surface area (Å²) in [6, 6.07) is 16.4. The fraction of sp³-hybridized carbons (Fsp3) is 0.417. The molecule has 0 fully saturated rings. The van der Waals surface area contributed by atoms with Crippen molar-refractivity contribution >= 4 is 57.1 Å². The first-order valence-electron chi connectivity index (χ1n) is 10.3. The van der Waals surface area contributed by atoms with E-state index in [4.69, 9.17) is 9.47 Å². The van der Waals surface area contributed by atoms with Crippen LogP contribution in [0.2, 0.25) is 0 Å². The van der Waals surface area contributed by atoms with Gasteiger partial charge in [-0.1, -0.05) is 24.3 Å². The summed E-state index contributed by atoms with van der Waals surface area (Å²) in [5.74, 6) is -0.286. The number of unbranched alkanes of at least 4 members (excludes halogenated alkanes) is 3. The van der Waals surface area contributed by atoms with Gasteiger partial charge >= 0.3 is 11.9 Å². The topological polar surface area (TPSA) is 52.6 Å². The van der Waals surface area contributed by atoms with Gasteiger partial charge in [-0.15, -0.1) is 0 Å². The van der Waals surface area contributed by atoms with Crippen LogP contribution in [0.1, 0.15) is 49.7 Å². The van der Waals surface area contributed by atoms with Crippen molar-refractivity contribution in [3.8, 4) is 0 Å². The van der Waals surface area contributed by atoms with Crippen molar-refractivity contribution < 1.29 is 19.1 Å². The van der Waals surface area contributed by atoms with Crippen molar-refractivity contribution in [3.63, 3.8) is 0 Å². The summed E-state index contributed by atoms with van der Waals surface area (Å²) in [6.07, 6.45) is 5.87. The second-order valence-corrected chi connectivity index (χ2v) is 9.60. The first kappa shape index (κ1) is 25.1. The van der Waals surface area contributed by atoms with E-state index in [9.17, 15) is 9.59 Å². The molecular weight excluding hydrogens is 606 g/mol. The summed E-state index contributed by atoms with van der Waals surface area (Å²) < 4.78 is 13.0. The Labute approximate surface area is 206 Å². The molecule has 0 aromatic heterocycles. The summed E-state index contributed by atoms with van der Waals surface area (Å²) in [4.78, 5) is 23.6. The Balaban J connectivity index is 1.41. The van der Waals surface area contributed by atoms with Crippen LogP contribution in [0.3, 0.4) is 0 Å². The maximum atomic E-state index is 11.8. The van der Waals surface area contributed by atoms with Crippen molar-refractivity contribution in [3.05, 3.63) is 66.8 Å². The van der Waals surface area contributed by atoms with E-state index in [1.165, 1.54) is 7.14 Å². The molecule has 0 saturated carbocycles. The predicted octanol–water partition coefficient (Wildman–Crippen LogP) is 6.11. The molecular formula is C24H28I2O4.